The van der Waals surface area contributed by atoms with E-state index in [9.17, 15) is 0 Å². The average molecular weight is 115 g/mol. The van der Waals surface area contributed by atoms with Gasteiger partial charge in [0.1, 0.15) is 0 Å². The van der Waals surface area contributed by atoms with Crippen molar-refractivity contribution in [3.05, 3.63) is 0 Å². The third-order valence-electron chi connectivity index (χ3n) is 0.0962. The zero-order chi connectivity index (χ0) is 4.28. The quantitative estimate of drug-likeness (QED) is 0.167. The predicted molar refractivity (Wildman–Crippen MR) is 17.7 cm³/mol. The van der Waals surface area contributed by atoms with Gasteiger partial charge in [-0.05, 0) is 11.1 Å². The number of hydrogen-bond donors (Lipinski definition) is 1. The van der Waals surface area contributed by atoms with Crippen LogP contribution in [-0.2, 0) is 11.1 Å². The fraction of sp³-hybridized carbons (Fsp3) is 0. The molecule has 1 unspecified atom stereocenters. The molecule has 0 aromatic carbocycles. The normalized spacial score (nSPS) is 11.5. The summed E-state index contributed by atoms with van der Waals surface area (Å²) in [6, 6.07) is 0. The molecular formula is CH2NNaO2S. The molecule has 0 aliphatic heterocycles. The van der Waals surface area contributed by atoms with Gasteiger partial charge in [0.05, 0.1) is 5.55 Å². The molecule has 6 heavy (non-hydrogen) atoms. The maximum absolute atomic E-state index is 9.12. The van der Waals surface area contributed by atoms with Crippen molar-refractivity contribution in [2.75, 3.05) is 0 Å². The Bertz CT molecular complexity index is 64.6. The van der Waals surface area contributed by atoms with Gasteiger partial charge < -0.3 is 9.96 Å². The maximum Gasteiger partial charge on any atom is 1.00 e. The van der Waals surface area contributed by atoms with Crippen molar-refractivity contribution >= 4 is 16.6 Å². The molecule has 3 nitrogen and oxygen atoms in total. The molecule has 30 valence electrons. The van der Waals surface area contributed by atoms with Gasteiger partial charge in [-0.2, -0.15) is 0 Å². The fourth-order valence-corrected chi connectivity index (χ4v) is 0. The first-order chi connectivity index (χ1) is 2.27. The average Bonchev–Trinajstić information content (AvgIpc) is 1.38. The van der Waals surface area contributed by atoms with E-state index < -0.39 is 11.1 Å². The van der Waals surface area contributed by atoms with E-state index in [1.54, 1.807) is 0 Å². The van der Waals surface area contributed by atoms with Crippen LogP contribution >= 0.6 is 0 Å². The minimum atomic E-state index is -2.28. The van der Waals surface area contributed by atoms with Crippen molar-refractivity contribution in [1.82, 2.24) is 0 Å². The molecule has 0 aliphatic rings. The molecule has 0 bridgehead atoms. The van der Waals surface area contributed by atoms with Gasteiger partial charge in [0, 0.05) is 0 Å². The number of rotatable bonds is 1. The predicted octanol–water partition coefficient (Wildman–Crippen LogP) is -3.52. The minimum Gasteiger partial charge on any atom is -0.768 e. The summed E-state index contributed by atoms with van der Waals surface area (Å²) < 4.78 is 18.2. The van der Waals surface area contributed by atoms with Gasteiger partial charge in [0.2, 0.25) is 0 Å². The summed E-state index contributed by atoms with van der Waals surface area (Å²) in [6.07, 6.45) is 0. The molecule has 0 radical (unpaired) electrons. The van der Waals surface area contributed by atoms with Crippen LogP contribution in [0.3, 0.4) is 0 Å². The Kier molecular flexibility index (Phi) is 9.55. The Morgan fingerprint density at radius 3 is 2.00 bits per heavy atom. The van der Waals surface area contributed by atoms with Crippen LogP contribution in [0.15, 0.2) is 0 Å². The Hall–Kier alpha value is 0.780. The second kappa shape index (κ2) is 5.78. The molecule has 0 fully saturated rings. The number of hydrogen-bond acceptors (Lipinski definition) is 3. The van der Waals surface area contributed by atoms with Crippen molar-refractivity contribution in [3.8, 4) is 0 Å². The van der Waals surface area contributed by atoms with Crippen LogP contribution in [-0.4, -0.2) is 14.3 Å². The summed E-state index contributed by atoms with van der Waals surface area (Å²) in [4.78, 5) is 0. The molecule has 0 heterocycles. The van der Waals surface area contributed by atoms with Gasteiger partial charge in [0.25, 0.3) is 0 Å². The first-order valence-electron chi connectivity index (χ1n) is 0.858. The number of nitrogens with one attached hydrogen (secondary N) is 1. The van der Waals surface area contributed by atoms with E-state index in [-0.39, 0.29) is 29.6 Å². The van der Waals surface area contributed by atoms with Crippen molar-refractivity contribution in [1.29, 1.82) is 5.41 Å². The molecule has 0 aliphatic carbocycles. The van der Waals surface area contributed by atoms with Gasteiger partial charge in [-0.3, -0.25) is 4.21 Å². The summed E-state index contributed by atoms with van der Waals surface area (Å²) in [7, 11) is 0. The van der Waals surface area contributed by atoms with Gasteiger partial charge in [-0.1, -0.05) is 0 Å². The van der Waals surface area contributed by atoms with E-state index in [1.165, 1.54) is 0 Å². The molecule has 0 saturated heterocycles. The van der Waals surface area contributed by atoms with Crippen LogP contribution in [0, 0.1) is 5.41 Å². The zero-order valence-electron chi connectivity index (χ0n) is 3.30. The Morgan fingerprint density at radius 2 is 2.00 bits per heavy atom. The van der Waals surface area contributed by atoms with Crippen molar-refractivity contribution in [2.24, 2.45) is 0 Å². The van der Waals surface area contributed by atoms with E-state index in [2.05, 4.69) is 0 Å². The largest absolute Gasteiger partial charge is 1.00 e. The maximum atomic E-state index is 9.12. The minimum absolute atomic E-state index is 0. The molecule has 1 atom stereocenters. The van der Waals surface area contributed by atoms with Crippen LogP contribution in [0.2, 0.25) is 0 Å². The second-order valence-corrected chi connectivity index (χ2v) is 1.14. The van der Waals surface area contributed by atoms with E-state index in [4.69, 9.17) is 14.2 Å². The Morgan fingerprint density at radius 1 is 1.83 bits per heavy atom. The van der Waals surface area contributed by atoms with Crippen LogP contribution in [0.4, 0.5) is 0 Å². The van der Waals surface area contributed by atoms with Crippen LogP contribution in [0.1, 0.15) is 0 Å². The van der Waals surface area contributed by atoms with Crippen molar-refractivity contribution in [2.45, 2.75) is 0 Å². The van der Waals surface area contributed by atoms with Gasteiger partial charge in [-0.25, -0.2) is 0 Å². The Balaban J connectivity index is 0. The smallest absolute Gasteiger partial charge is 0.768 e. The molecule has 0 aromatic heterocycles. The van der Waals surface area contributed by atoms with Gasteiger partial charge >= 0.3 is 29.6 Å². The third kappa shape index (κ3) is 8.84. The summed E-state index contributed by atoms with van der Waals surface area (Å²) in [5, 5.41) is 5.92. The topological polar surface area (TPSA) is 64.0 Å². The van der Waals surface area contributed by atoms with E-state index in [1.807, 2.05) is 0 Å². The summed E-state index contributed by atoms with van der Waals surface area (Å²) >= 11 is -2.28. The molecule has 1 N–H and O–H groups in total. The van der Waals surface area contributed by atoms with E-state index >= 15 is 0 Å². The van der Waals surface area contributed by atoms with E-state index in [0.29, 0.717) is 5.55 Å². The third-order valence-corrected chi connectivity index (χ3v) is 0.289. The van der Waals surface area contributed by atoms with Crippen LogP contribution in [0.25, 0.3) is 0 Å². The monoisotopic (exact) mass is 115 g/mol. The molecule has 0 saturated carbocycles. The second-order valence-electron chi connectivity index (χ2n) is 0.378. The molecular weight excluding hydrogens is 113 g/mol. The molecule has 0 spiro atoms. The first-order valence-corrected chi connectivity index (χ1v) is 2.00. The molecule has 0 rings (SSSR count). The van der Waals surface area contributed by atoms with E-state index in [0.717, 1.165) is 0 Å². The SMILES string of the molecule is N=CS(=O)[O-].[Na+]. The molecule has 5 heteroatoms. The van der Waals surface area contributed by atoms with Gasteiger partial charge in [0.15, 0.2) is 0 Å². The summed E-state index contributed by atoms with van der Waals surface area (Å²) in [5.74, 6) is 0. The molecule has 0 aromatic rings. The molecule has 0 amide bonds. The summed E-state index contributed by atoms with van der Waals surface area (Å²) in [5.41, 5.74) is 0.333. The standard InChI is InChI=1S/CH3NO2S.Na/c2-1-5(3)4;/h1-2H,(H,3,4);/q;+1/p-1. The van der Waals surface area contributed by atoms with Crippen LogP contribution in [0.5, 0.6) is 0 Å². The fourth-order valence-electron chi connectivity index (χ4n) is 0. The summed E-state index contributed by atoms with van der Waals surface area (Å²) in [6.45, 7) is 0. The van der Waals surface area contributed by atoms with Gasteiger partial charge in [-0.15, -0.1) is 0 Å². The van der Waals surface area contributed by atoms with Crippen molar-refractivity contribution in [3.63, 3.8) is 0 Å². The van der Waals surface area contributed by atoms with Crippen LogP contribution < -0.4 is 29.6 Å². The first kappa shape index (κ1) is 9.91. The zero-order valence-corrected chi connectivity index (χ0v) is 6.12. The van der Waals surface area contributed by atoms with Crippen molar-refractivity contribution < 1.29 is 38.3 Å². The Labute approximate surface area is 60.2 Å².